The van der Waals surface area contributed by atoms with Gasteiger partial charge in [0.2, 0.25) is 5.88 Å². The molecule has 0 aliphatic rings. The van der Waals surface area contributed by atoms with Crippen molar-refractivity contribution in [1.29, 1.82) is 0 Å². The molecule has 0 aliphatic heterocycles. The van der Waals surface area contributed by atoms with E-state index in [1.807, 2.05) is 12.1 Å². The second-order valence-corrected chi connectivity index (χ2v) is 7.79. The van der Waals surface area contributed by atoms with E-state index in [1.165, 1.54) is 29.8 Å². The molecule has 0 saturated heterocycles. The average molecular weight is 422 g/mol. The fraction of sp³-hybridized carbons (Fsp3) is 0.136. The van der Waals surface area contributed by atoms with Crippen molar-refractivity contribution < 1.29 is 13.9 Å². The highest BCUT2D eigenvalue weighted by Crippen LogP contribution is 2.26. The number of hydrogen-bond donors (Lipinski definition) is 2. The van der Waals surface area contributed by atoms with Crippen molar-refractivity contribution in [1.82, 2.24) is 15.3 Å². The van der Waals surface area contributed by atoms with E-state index in [-0.39, 0.29) is 18.3 Å². The molecule has 6 nitrogen and oxygen atoms in total. The molecule has 2 heterocycles. The molecule has 0 unspecified atom stereocenters. The van der Waals surface area contributed by atoms with Gasteiger partial charge in [-0.05, 0) is 47.3 Å². The second kappa shape index (κ2) is 8.98. The van der Waals surface area contributed by atoms with Crippen LogP contribution in [0.5, 0.6) is 5.88 Å². The van der Waals surface area contributed by atoms with Crippen molar-refractivity contribution >= 4 is 27.3 Å². The van der Waals surface area contributed by atoms with E-state index in [9.17, 15) is 9.18 Å². The molecule has 4 aromatic rings. The van der Waals surface area contributed by atoms with Crippen molar-refractivity contribution in [3.63, 3.8) is 0 Å². The number of amides is 1. The van der Waals surface area contributed by atoms with Crippen LogP contribution in [-0.4, -0.2) is 15.9 Å². The van der Waals surface area contributed by atoms with Crippen molar-refractivity contribution in [2.45, 2.75) is 19.7 Å². The van der Waals surface area contributed by atoms with Crippen LogP contribution in [0.25, 0.3) is 10.1 Å². The quantitative estimate of drug-likeness (QED) is 0.473. The Labute approximate surface area is 176 Å². The first-order valence-electron chi connectivity index (χ1n) is 9.29. The van der Waals surface area contributed by atoms with Crippen LogP contribution in [0.15, 0.2) is 60.9 Å². The number of halogens is 1. The third kappa shape index (κ3) is 4.79. The number of ether oxygens (including phenoxy) is 1. The maximum atomic E-state index is 13.3. The summed E-state index contributed by atoms with van der Waals surface area (Å²) in [5.74, 6) is -0.0226. The number of thiophene rings is 1. The van der Waals surface area contributed by atoms with Gasteiger partial charge >= 0.3 is 0 Å². The van der Waals surface area contributed by atoms with Gasteiger partial charge in [-0.2, -0.15) is 0 Å². The second-order valence-electron chi connectivity index (χ2n) is 6.62. The van der Waals surface area contributed by atoms with Crippen molar-refractivity contribution in [3.05, 3.63) is 88.4 Å². The number of carbonyl (C=O) groups excluding carboxylic acids is 1. The largest absolute Gasteiger partial charge is 0.473 e. The molecule has 0 bridgehead atoms. The minimum Gasteiger partial charge on any atom is -0.473 e. The molecule has 3 N–H and O–H groups in total. The number of hydrogen-bond acceptors (Lipinski definition) is 6. The van der Waals surface area contributed by atoms with Gasteiger partial charge in [-0.15, -0.1) is 11.3 Å². The highest BCUT2D eigenvalue weighted by Gasteiger charge is 2.09. The molecule has 1 amide bonds. The van der Waals surface area contributed by atoms with Crippen LogP contribution in [0.1, 0.15) is 26.5 Å². The van der Waals surface area contributed by atoms with Gasteiger partial charge < -0.3 is 15.8 Å². The van der Waals surface area contributed by atoms with Crippen LogP contribution in [0, 0.1) is 5.82 Å². The summed E-state index contributed by atoms with van der Waals surface area (Å²) in [4.78, 5) is 21.6. The number of nitrogens with zero attached hydrogens (tertiary/aromatic N) is 2. The van der Waals surface area contributed by atoms with E-state index in [0.717, 1.165) is 20.5 Å². The van der Waals surface area contributed by atoms with Crippen molar-refractivity contribution in [2.24, 2.45) is 5.73 Å². The first kappa shape index (κ1) is 19.9. The topological polar surface area (TPSA) is 90.1 Å². The number of aromatic nitrogens is 2. The Kier molecular flexibility index (Phi) is 5.97. The van der Waals surface area contributed by atoms with E-state index >= 15 is 0 Å². The molecule has 0 saturated carbocycles. The number of fused-ring (bicyclic) bond motifs is 1. The third-order valence-electron chi connectivity index (χ3n) is 4.44. The monoisotopic (exact) mass is 422 g/mol. The molecule has 8 heteroatoms. The summed E-state index contributed by atoms with van der Waals surface area (Å²) >= 11 is 1.53. The molecule has 30 heavy (non-hydrogen) atoms. The van der Waals surface area contributed by atoms with Crippen LogP contribution in [-0.2, 0) is 19.7 Å². The number of rotatable bonds is 7. The Balaban J connectivity index is 1.37. The van der Waals surface area contributed by atoms with E-state index in [4.69, 9.17) is 10.5 Å². The molecule has 4 rings (SSSR count). The number of carbonyl (C=O) groups is 1. The van der Waals surface area contributed by atoms with Crippen LogP contribution >= 0.6 is 11.3 Å². The predicted octanol–water partition coefficient (Wildman–Crippen LogP) is 3.80. The van der Waals surface area contributed by atoms with Crippen LogP contribution in [0.2, 0.25) is 0 Å². The number of benzene rings is 2. The lowest BCUT2D eigenvalue weighted by atomic mass is 10.1. The molecule has 0 atom stereocenters. The Morgan fingerprint density at radius 3 is 2.90 bits per heavy atom. The summed E-state index contributed by atoms with van der Waals surface area (Å²) in [6.07, 6.45) is 1.41. The molecule has 2 aromatic carbocycles. The summed E-state index contributed by atoms with van der Waals surface area (Å²) in [5.41, 5.74) is 7.64. The van der Waals surface area contributed by atoms with E-state index in [0.29, 0.717) is 30.2 Å². The fourth-order valence-electron chi connectivity index (χ4n) is 2.95. The summed E-state index contributed by atoms with van der Waals surface area (Å²) in [6.45, 7) is 0.955. The Bertz CT molecular complexity index is 1190. The zero-order chi connectivity index (χ0) is 20.9. The standard InChI is InChI=1S/C22H19FN4O2S/c23-17-4-5-20-16(7-17)8-19(30-20)11-25-22(28)15-3-1-2-14(6-15)12-29-21-9-18(10-24)26-13-27-21/h1-9,13H,10-12,24H2,(H,25,28). The van der Waals surface area contributed by atoms with Gasteiger partial charge in [0, 0.05) is 27.8 Å². The van der Waals surface area contributed by atoms with E-state index in [1.54, 1.807) is 30.3 Å². The lowest BCUT2D eigenvalue weighted by molar-refractivity contribution is 0.0951. The summed E-state index contributed by atoms with van der Waals surface area (Å²) < 4.78 is 20.0. The maximum Gasteiger partial charge on any atom is 0.251 e. The first-order chi connectivity index (χ1) is 14.6. The molecule has 0 spiro atoms. The maximum absolute atomic E-state index is 13.3. The molecule has 0 radical (unpaired) electrons. The van der Waals surface area contributed by atoms with E-state index in [2.05, 4.69) is 15.3 Å². The van der Waals surface area contributed by atoms with Crippen LogP contribution < -0.4 is 15.8 Å². The Morgan fingerprint density at radius 1 is 1.13 bits per heavy atom. The Morgan fingerprint density at radius 2 is 2.03 bits per heavy atom. The molecule has 2 aromatic heterocycles. The molecular weight excluding hydrogens is 403 g/mol. The van der Waals surface area contributed by atoms with Crippen LogP contribution in [0.3, 0.4) is 0 Å². The minimum absolute atomic E-state index is 0.187. The lowest BCUT2D eigenvalue weighted by Gasteiger charge is -2.08. The summed E-state index contributed by atoms with van der Waals surface area (Å²) in [5, 5.41) is 3.75. The number of nitrogens with two attached hydrogens (primary N) is 1. The van der Waals surface area contributed by atoms with Gasteiger partial charge in [0.1, 0.15) is 18.8 Å². The van der Waals surface area contributed by atoms with E-state index < -0.39 is 0 Å². The SMILES string of the molecule is NCc1cc(OCc2cccc(C(=O)NCc3cc4cc(F)ccc4s3)c2)ncn1. The normalized spacial score (nSPS) is 10.9. The van der Waals surface area contributed by atoms with Crippen LogP contribution in [0.4, 0.5) is 4.39 Å². The molecule has 152 valence electrons. The lowest BCUT2D eigenvalue weighted by Crippen LogP contribution is -2.22. The zero-order valence-electron chi connectivity index (χ0n) is 16.0. The fourth-order valence-corrected chi connectivity index (χ4v) is 3.94. The highest BCUT2D eigenvalue weighted by atomic mass is 32.1. The molecular formula is C22H19FN4O2S. The van der Waals surface area contributed by atoms with Gasteiger partial charge in [-0.1, -0.05) is 12.1 Å². The van der Waals surface area contributed by atoms with Gasteiger partial charge in [0.25, 0.3) is 5.91 Å². The van der Waals surface area contributed by atoms with Gasteiger partial charge in [0.15, 0.2) is 0 Å². The van der Waals surface area contributed by atoms with Gasteiger partial charge in [-0.3, -0.25) is 4.79 Å². The molecule has 0 aliphatic carbocycles. The summed E-state index contributed by atoms with van der Waals surface area (Å²) in [6, 6.07) is 15.5. The predicted molar refractivity (Wildman–Crippen MR) is 114 cm³/mol. The van der Waals surface area contributed by atoms with Gasteiger partial charge in [0.05, 0.1) is 12.2 Å². The molecule has 0 fully saturated rings. The summed E-state index contributed by atoms with van der Waals surface area (Å²) in [7, 11) is 0. The van der Waals surface area contributed by atoms with Gasteiger partial charge in [-0.25, -0.2) is 14.4 Å². The number of nitrogens with one attached hydrogen (secondary N) is 1. The average Bonchev–Trinajstić information content (AvgIpc) is 3.18. The highest BCUT2D eigenvalue weighted by molar-refractivity contribution is 7.19. The van der Waals surface area contributed by atoms with Crippen molar-refractivity contribution in [2.75, 3.05) is 0 Å². The zero-order valence-corrected chi connectivity index (χ0v) is 16.8. The third-order valence-corrected chi connectivity index (χ3v) is 5.55. The smallest absolute Gasteiger partial charge is 0.251 e. The first-order valence-corrected chi connectivity index (χ1v) is 10.1. The van der Waals surface area contributed by atoms with Crippen molar-refractivity contribution in [3.8, 4) is 5.88 Å². The Hall–Kier alpha value is -3.36. The minimum atomic E-state index is -0.267.